The Bertz CT molecular complexity index is 367. The Hall–Kier alpha value is -0.960. The molecule has 16 heavy (non-hydrogen) atoms. The zero-order valence-corrected chi connectivity index (χ0v) is 9.52. The second-order valence-corrected chi connectivity index (χ2v) is 4.58. The molecule has 0 atom stereocenters. The average Bonchev–Trinajstić information content (AvgIpc) is 2.22. The fraction of sp³-hybridized carbons (Fsp3) is 0.538. The number of halogens is 2. The van der Waals surface area contributed by atoms with Crippen LogP contribution in [0.15, 0.2) is 18.2 Å². The van der Waals surface area contributed by atoms with E-state index < -0.39 is 0 Å². The minimum Gasteiger partial charge on any atom is -0.307 e. The molecular formula is C13H17F2N. The van der Waals surface area contributed by atoms with Crippen molar-refractivity contribution in [2.24, 2.45) is 0 Å². The summed E-state index contributed by atoms with van der Waals surface area (Å²) in [5, 5.41) is 3.36. The molecule has 1 aromatic carbocycles. The maximum Gasteiger partial charge on any atom is 0.127 e. The van der Waals surface area contributed by atoms with Gasteiger partial charge in [0.05, 0.1) is 0 Å². The summed E-state index contributed by atoms with van der Waals surface area (Å²) >= 11 is 0. The van der Waals surface area contributed by atoms with Crippen LogP contribution in [0, 0.1) is 11.6 Å². The Morgan fingerprint density at radius 1 is 1.31 bits per heavy atom. The van der Waals surface area contributed by atoms with Crippen molar-refractivity contribution in [2.45, 2.75) is 44.7 Å². The third kappa shape index (κ3) is 2.24. The molecule has 0 radical (unpaired) electrons. The Morgan fingerprint density at radius 2 is 2.06 bits per heavy atom. The van der Waals surface area contributed by atoms with Crippen molar-refractivity contribution in [3.63, 3.8) is 0 Å². The van der Waals surface area contributed by atoms with Gasteiger partial charge in [-0.1, -0.05) is 6.92 Å². The van der Waals surface area contributed by atoms with Crippen LogP contribution in [-0.4, -0.2) is 5.54 Å². The van der Waals surface area contributed by atoms with E-state index in [1.165, 1.54) is 18.6 Å². The molecule has 1 nitrogen and oxygen atoms in total. The van der Waals surface area contributed by atoms with E-state index in [0.717, 1.165) is 25.3 Å². The zero-order chi connectivity index (χ0) is 11.6. The summed E-state index contributed by atoms with van der Waals surface area (Å²) in [7, 11) is 0. The smallest absolute Gasteiger partial charge is 0.127 e. The van der Waals surface area contributed by atoms with Gasteiger partial charge in [-0.25, -0.2) is 8.78 Å². The van der Waals surface area contributed by atoms with Gasteiger partial charge in [0.2, 0.25) is 0 Å². The van der Waals surface area contributed by atoms with E-state index in [0.29, 0.717) is 12.1 Å². The minimum absolute atomic E-state index is 0.165. The van der Waals surface area contributed by atoms with Crippen molar-refractivity contribution in [3.05, 3.63) is 35.4 Å². The van der Waals surface area contributed by atoms with Gasteiger partial charge in [-0.2, -0.15) is 0 Å². The molecule has 0 amide bonds. The maximum atomic E-state index is 13.4. The van der Waals surface area contributed by atoms with Gasteiger partial charge in [0.15, 0.2) is 0 Å². The van der Waals surface area contributed by atoms with Crippen molar-refractivity contribution in [1.29, 1.82) is 0 Å². The van der Waals surface area contributed by atoms with Crippen LogP contribution in [0.1, 0.15) is 38.2 Å². The minimum atomic E-state index is -0.377. The quantitative estimate of drug-likeness (QED) is 0.828. The SMILES string of the molecule is CCC1(NCc2cc(F)ccc2F)CCC1. The highest BCUT2D eigenvalue weighted by molar-refractivity contribution is 5.19. The molecule has 0 unspecified atom stereocenters. The number of hydrogen-bond donors (Lipinski definition) is 1. The second-order valence-electron chi connectivity index (χ2n) is 4.58. The standard InChI is InChI=1S/C13H17F2N/c1-2-13(6-3-7-13)16-9-10-8-11(14)4-5-12(10)15/h4-5,8,16H,2-3,6-7,9H2,1H3. The summed E-state index contributed by atoms with van der Waals surface area (Å²) < 4.78 is 26.3. The van der Waals surface area contributed by atoms with E-state index in [2.05, 4.69) is 12.2 Å². The number of nitrogens with one attached hydrogen (secondary N) is 1. The first-order valence-electron chi connectivity index (χ1n) is 5.84. The molecule has 1 fully saturated rings. The lowest BCUT2D eigenvalue weighted by Crippen LogP contribution is -2.49. The Kier molecular flexibility index (Phi) is 3.24. The molecule has 2 rings (SSSR count). The molecule has 0 aliphatic heterocycles. The first kappa shape index (κ1) is 11.5. The van der Waals surface area contributed by atoms with Crippen LogP contribution in [0.5, 0.6) is 0 Å². The molecule has 0 bridgehead atoms. The number of rotatable bonds is 4. The van der Waals surface area contributed by atoms with Gasteiger partial charge in [0.1, 0.15) is 11.6 Å². The molecule has 1 aromatic rings. The molecular weight excluding hydrogens is 208 g/mol. The van der Waals surface area contributed by atoms with Gasteiger partial charge < -0.3 is 5.32 Å². The van der Waals surface area contributed by atoms with Gasteiger partial charge in [-0.05, 0) is 43.9 Å². The van der Waals surface area contributed by atoms with E-state index in [-0.39, 0.29) is 17.2 Å². The fourth-order valence-electron chi connectivity index (χ4n) is 2.22. The second kappa shape index (κ2) is 4.50. The highest BCUT2D eigenvalue weighted by atomic mass is 19.1. The third-order valence-corrected chi connectivity index (χ3v) is 3.65. The van der Waals surface area contributed by atoms with Gasteiger partial charge in [-0.3, -0.25) is 0 Å². The largest absolute Gasteiger partial charge is 0.307 e. The van der Waals surface area contributed by atoms with Crippen molar-refractivity contribution in [1.82, 2.24) is 5.32 Å². The molecule has 0 heterocycles. The molecule has 0 spiro atoms. The van der Waals surface area contributed by atoms with Crippen molar-refractivity contribution in [2.75, 3.05) is 0 Å². The molecule has 1 saturated carbocycles. The van der Waals surface area contributed by atoms with Gasteiger partial charge in [0.25, 0.3) is 0 Å². The highest BCUT2D eigenvalue weighted by Crippen LogP contribution is 2.34. The first-order chi connectivity index (χ1) is 7.65. The maximum absolute atomic E-state index is 13.4. The van der Waals surface area contributed by atoms with Crippen LogP contribution in [-0.2, 0) is 6.54 Å². The molecule has 3 heteroatoms. The lowest BCUT2D eigenvalue weighted by atomic mass is 9.75. The van der Waals surface area contributed by atoms with Crippen molar-refractivity contribution in [3.8, 4) is 0 Å². The van der Waals surface area contributed by atoms with E-state index in [4.69, 9.17) is 0 Å². The Labute approximate surface area is 94.9 Å². The predicted molar refractivity (Wildman–Crippen MR) is 60.1 cm³/mol. The van der Waals surface area contributed by atoms with E-state index in [1.54, 1.807) is 0 Å². The van der Waals surface area contributed by atoms with Crippen molar-refractivity contribution >= 4 is 0 Å². The van der Waals surface area contributed by atoms with Crippen LogP contribution in [0.2, 0.25) is 0 Å². The van der Waals surface area contributed by atoms with E-state index in [9.17, 15) is 8.78 Å². The Morgan fingerprint density at radius 3 is 2.62 bits per heavy atom. The van der Waals surface area contributed by atoms with Crippen LogP contribution >= 0.6 is 0 Å². The van der Waals surface area contributed by atoms with Gasteiger partial charge >= 0.3 is 0 Å². The average molecular weight is 225 g/mol. The number of hydrogen-bond acceptors (Lipinski definition) is 1. The van der Waals surface area contributed by atoms with Crippen molar-refractivity contribution < 1.29 is 8.78 Å². The monoisotopic (exact) mass is 225 g/mol. The summed E-state index contributed by atoms with van der Waals surface area (Å²) in [6.45, 7) is 2.55. The van der Waals surface area contributed by atoms with Crippen LogP contribution in [0.25, 0.3) is 0 Å². The Balaban J connectivity index is 2.01. The summed E-state index contributed by atoms with van der Waals surface area (Å²) in [5.74, 6) is -0.711. The molecule has 1 aliphatic carbocycles. The first-order valence-corrected chi connectivity index (χ1v) is 5.84. The molecule has 0 aromatic heterocycles. The highest BCUT2D eigenvalue weighted by Gasteiger charge is 2.34. The predicted octanol–water partition coefficient (Wildman–Crippen LogP) is 3.39. The van der Waals surface area contributed by atoms with Gasteiger partial charge in [0, 0.05) is 17.6 Å². The summed E-state index contributed by atoms with van der Waals surface area (Å²) in [4.78, 5) is 0. The molecule has 0 saturated heterocycles. The summed E-state index contributed by atoms with van der Waals surface area (Å²) in [6, 6.07) is 3.61. The molecule has 1 N–H and O–H groups in total. The van der Waals surface area contributed by atoms with Crippen LogP contribution in [0.4, 0.5) is 8.78 Å². The number of benzene rings is 1. The summed E-state index contributed by atoms with van der Waals surface area (Å²) in [6.07, 6.45) is 4.55. The van der Waals surface area contributed by atoms with Crippen LogP contribution < -0.4 is 5.32 Å². The zero-order valence-electron chi connectivity index (χ0n) is 9.52. The normalized spacial score (nSPS) is 18.2. The molecule has 1 aliphatic rings. The lowest BCUT2D eigenvalue weighted by molar-refractivity contribution is 0.174. The fourth-order valence-corrected chi connectivity index (χ4v) is 2.22. The summed E-state index contributed by atoms with van der Waals surface area (Å²) in [5.41, 5.74) is 0.582. The van der Waals surface area contributed by atoms with Crippen LogP contribution in [0.3, 0.4) is 0 Å². The lowest BCUT2D eigenvalue weighted by Gasteiger charge is -2.42. The third-order valence-electron chi connectivity index (χ3n) is 3.65. The van der Waals surface area contributed by atoms with E-state index in [1.807, 2.05) is 0 Å². The molecule has 88 valence electrons. The van der Waals surface area contributed by atoms with E-state index >= 15 is 0 Å². The van der Waals surface area contributed by atoms with Gasteiger partial charge in [-0.15, -0.1) is 0 Å². The topological polar surface area (TPSA) is 12.0 Å².